The molecule has 1 spiro atoms. The van der Waals surface area contributed by atoms with Crippen LogP contribution in [0.25, 0.3) is 0 Å². The Hall–Kier alpha value is -1.06. The highest BCUT2D eigenvalue weighted by Gasteiger charge is 2.77. The lowest BCUT2D eigenvalue weighted by Crippen LogP contribution is -2.61. The largest absolute Gasteiger partial charge is 0.466 e. The number of halogens is 1. The van der Waals surface area contributed by atoms with E-state index < -0.39 is 34.2 Å². The minimum Gasteiger partial charge on any atom is -0.466 e. The molecule has 7 nitrogen and oxygen atoms in total. The molecule has 3 fully saturated rings. The monoisotopic (exact) mass is 544 g/mol. The van der Waals surface area contributed by atoms with E-state index >= 15 is 0 Å². The molecule has 0 saturated carbocycles. The third-order valence-corrected chi connectivity index (χ3v) is 10.4. The van der Waals surface area contributed by atoms with E-state index in [-0.39, 0.29) is 47.0 Å². The smallest absolute Gasteiger partial charge is 0.310 e. The van der Waals surface area contributed by atoms with Crippen LogP contribution in [-0.2, 0) is 19.1 Å². The number of rotatable bonds is 8. The molecular weight excluding hydrogens is 508 g/mol. The Kier molecular flexibility index (Phi) is 7.67. The first-order chi connectivity index (χ1) is 15.4. The molecule has 0 aromatic carbocycles. The fourth-order valence-corrected chi connectivity index (χ4v) is 9.38. The molecule has 2 amide bonds. The molecule has 3 heterocycles. The van der Waals surface area contributed by atoms with Gasteiger partial charge in [-0.2, -0.15) is 0 Å². The molecule has 2 bridgehead atoms. The van der Waals surface area contributed by atoms with Gasteiger partial charge in [-0.1, -0.05) is 35.9 Å². The number of carbonyl (C=O) groups excluding carboxylic acids is 3. The lowest BCUT2D eigenvalue weighted by molar-refractivity contribution is -0.154. The van der Waals surface area contributed by atoms with Crippen molar-refractivity contribution in [1.82, 2.24) is 9.80 Å². The minimum absolute atomic E-state index is 0.00896. The average molecular weight is 546 g/mol. The zero-order valence-electron chi connectivity index (χ0n) is 20.4. The van der Waals surface area contributed by atoms with Gasteiger partial charge in [0.1, 0.15) is 6.04 Å². The first-order valence-corrected chi connectivity index (χ1v) is 13.5. The fourth-order valence-electron chi connectivity index (χ4n) is 5.80. The van der Waals surface area contributed by atoms with E-state index in [0.29, 0.717) is 13.0 Å². The number of nitrogens with zero attached hydrogens (tertiary/aromatic N) is 2. The molecule has 0 aromatic rings. The first-order valence-electron chi connectivity index (χ1n) is 11.7. The minimum atomic E-state index is -0.775. The van der Waals surface area contributed by atoms with Gasteiger partial charge in [0.15, 0.2) is 0 Å². The molecule has 3 rings (SSSR count). The Morgan fingerprint density at radius 1 is 1.42 bits per heavy atom. The van der Waals surface area contributed by atoms with E-state index in [1.165, 1.54) is 0 Å². The lowest BCUT2D eigenvalue weighted by Gasteiger charge is -2.44. The number of ether oxygens (including phenoxy) is 1. The molecule has 0 radical (unpaired) electrons. The first kappa shape index (κ1) is 26.5. The van der Waals surface area contributed by atoms with Crippen LogP contribution in [-0.4, -0.2) is 84.9 Å². The van der Waals surface area contributed by atoms with Gasteiger partial charge >= 0.3 is 5.97 Å². The molecule has 7 atom stereocenters. The lowest BCUT2D eigenvalue weighted by atomic mass is 9.71. The van der Waals surface area contributed by atoms with Gasteiger partial charge in [-0.3, -0.25) is 14.4 Å². The number of likely N-dealkylation sites (tertiary alicyclic amines) is 1. The molecule has 3 unspecified atom stereocenters. The van der Waals surface area contributed by atoms with E-state index in [0.717, 1.165) is 0 Å². The zero-order valence-corrected chi connectivity index (χ0v) is 22.8. The Labute approximate surface area is 209 Å². The number of thioether (sulfide) groups is 1. The Bertz CT molecular complexity index is 815. The summed E-state index contributed by atoms with van der Waals surface area (Å²) >= 11 is 5.33. The summed E-state index contributed by atoms with van der Waals surface area (Å²) in [5.41, 5.74) is -0.489. The van der Waals surface area contributed by atoms with Crippen LogP contribution in [0.4, 0.5) is 0 Å². The van der Waals surface area contributed by atoms with Crippen molar-refractivity contribution in [2.24, 2.45) is 17.8 Å². The van der Waals surface area contributed by atoms with Crippen molar-refractivity contribution < 1.29 is 24.2 Å². The molecule has 3 saturated heterocycles. The van der Waals surface area contributed by atoms with Gasteiger partial charge in [-0.05, 0) is 40.0 Å². The Morgan fingerprint density at radius 3 is 2.55 bits per heavy atom. The second kappa shape index (κ2) is 9.53. The number of aliphatic hydroxyl groups excluding tert-OH is 1. The summed E-state index contributed by atoms with van der Waals surface area (Å²) in [6.45, 7) is 15.7. The number of carbonyl (C=O) groups is 3. The number of aliphatic hydroxyl groups is 1. The number of fused-ring (bicyclic) bond motifs is 1. The van der Waals surface area contributed by atoms with Crippen LogP contribution in [0.1, 0.15) is 48.0 Å². The van der Waals surface area contributed by atoms with Crippen molar-refractivity contribution in [2.45, 2.75) is 80.4 Å². The standard InChI is InChI=1S/C24H37BrN2O5S/c1-8-10-26(23(5,6)7)21(30)19-24-11-14(25)18(33-24)16(22(31)32-9-2)17(24)20(29)27(19)15(12-28)13(3)4/h8,13-19,28H,1,9-12H2,2-7H3/t14?,15-,16-,17-,18-,19?,24?/m0/s1. The van der Waals surface area contributed by atoms with Gasteiger partial charge in [0, 0.05) is 22.2 Å². The molecule has 9 heteroatoms. The van der Waals surface area contributed by atoms with Crippen LogP contribution < -0.4 is 0 Å². The van der Waals surface area contributed by atoms with Crippen molar-refractivity contribution in [3.63, 3.8) is 0 Å². The fraction of sp³-hybridized carbons (Fsp3) is 0.792. The second-order valence-corrected chi connectivity index (χ2v) is 13.3. The molecule has 0 aliphatic carbocycles. The van der Waals surface area contributed by atoms with Gasteiger partial charge in [0.05, 0.1) is 35.8 Å². The van der Waals surface area contributed by atoms with Crippen molar-refractivity contribution >= 4 is 45.5 Å². The SMILES string of the molecule is C=CCN(C(=O)C1N([C@@H](CO)C(C)C)C(=O)[C@@H]2[C@H](C(=O)OCC)[C@H]3SC12CC3Br)C(C)(C)C. The maximum Gasteiger partial charge on any atom is 0.310 e. The molecule has 33 heavy (non-hydrogen) atoms. The Balaban J connectivity index is 2.18. The van der Waals surface area contributed by atoms with Crippen molar-refractivity contribution in [2.75, 3.05) is 19.8 Å². The molecule has 3 aliphatic rings. The topological polar surface area (TPSA) is 87.2 Å². The highest BCUT2D eigenvalue weighted by atomic mass is 79.9. The van der Waals surface area contributed by atoms with Gasteiger partial charge < -0.3 is 19.6 Å². The predicted octanol–water partition coefficient (Wildman–Crippen LogP) is 2.84. The van der Waals surface area contributed by atoms with E-state index in [2.05, 4.69) is 22.5 Å². The van der Waals surface area contributed by atoms with Gasteiger partial charge in [-0.15, -0.1) is 18.3 Å². The number of hydrogen-bond donors (Lipinski definition) is 1. The van der Waals surface area contributed by atoms with Crippen molar-refractivity contribution in [1.29, 1.82) is 0 Å². The van der Waals surface area contributed by atoms with Crippen molar-refractivity contribution in [3.8, 4) is 0 Å². The normalized spacial score (nSPS) is 33.9. The molecule has 3 aliphatic heterocycles. The summed E-state index contributed by atoms with van der Waals surface area (Å²) in [4.78, 5) is 44.7. The van der Waals surface area contributed by atoms with Crippen molar-refractivity contribution in [3.05, 3.63) is 12.7 Å². The summed E-state index contributed by atoms with van der Waals surface area (Å²) in [7, 11) is 0. The van der Waals surface area contributed by atoms with Crippen LogP contribution in [0.15, 0.2) is 12.7 Å². The van der Waals surface area contributed by atoms with Crippen LogP contribution in [0, 0.1) is 17.8 Å². The summed E-state index contributed by atoms with van der Waals surface area (Å²) in [6.07, 6.45) is 2.29. The second-order valence-electron chi connectivity index (χ2n) is 10.6. The molecule has 1 N–H and O–H groups in total. The quantitative estimate of drug-likeness (QED) is 0.287. The predicted molar refractivity (Wildman–Crippen MR) is 133 cm³/mol. The van der Waals surface area contributed by atoms with E-state index in [4.69, 9.17) is 4.74 Å². The number of hydrogen-bond acceptors (Lipinski definition) is 6. The highest BCUT2D eigenvalue weighted by Crippen LogP contribution is 2.68. The molecular formula is C24H37BrN2O5S. The number of esters is 1. The van der Waals surface area contributed by atoms with Crippen LogP contribution in [0.5, 0.6) is 0 Å². The van der Waals surface area contributed by atoms with Crippen LogP contribution >= 0.6 is 27.7 Å². The molecule has 186 valence electrons. The van der Waals surface area contributed by atoms with Crippen LogP contribution in [0.3, 0.4) is 0 Å². The third kappa shape index (κ3) is 4.16. The summed E-state index contributed by atoms with van der Waals surface area (Å²) < 4.78 is 4.63. The van der Waals surface area contributed by atoms with Gasteiger partial charge in [-0.25, -0.2) is 0 Å². The number of amides is 2. The van der Waals surface area contributed by atoms with E-state index in [1.807, 2.05) is 34.6 Å². The summed E-state index contributed by atoms with van der Waals surface area (Å²) in [5, 5.41) is 10.1. The van der Waals surface area contributed by atoms with Gasteiger partial charge in [0.2, 0.25) is 11.8 Å². The maximum atomic E-state index is 14.3. The third-order valence-electron chi connectivity index (χ3n) is 7.22. The van der Waals surface area contributed by atoms with Crippen LogP contribution in [0.2, 0.25) is 0 Å². The zero-order chi connectivity index (χ0) is 24.9. The average Bonchev–Trinajstić information content (AvgIpc) is 3.29. The summed E-state index contributed by atoms with van der Waals surface area (Å²) in [6, 6.07) is -1.29. The number of alkyl halides is 1. The Morgan fingerprint density at radius 2 is 2.06 bits per heavy atom. The van der Waals surface area contributed by atoms with E-state index in [1.54, 1.807) is 34.6 Å². The highest BCUT2D eigenvalue weighted by molar-refractivity contribution is 9.09. The van der Waals surface area contributed by atoms with E-state index in [9.17, 15) is 19.5 Å². The van der Waals surface area contributed by atoms with Gasteiger partial charge in [0.25, 0.3) is 0 Å². The maximum absolute atomic E-state index is 14.3. The molecule has 0 aromatic heterocycles. The summed E-state index contributed by atoms with van der Waals surface area (Å²) in [5.74, 6) is -2.08.